The zero-order valence-corrected chi connectivity index (χ0v) is 16.9. The van der Waals surface area contributed by atoms with E-state index in [4.69, 9.17) is 4.42 Å². The van der Waals surface area contributed by atoms with E-state index in [2.05, 4.69) is 25.9 Å². The molecule has 2 aromatic heterocycles. The summed E-state index contributed by atoms with van der Waals surface area (Å²) in [5.74, 6) is -1.29. The smallest absolute Gasteiger partial charge is 0.294 e. The van der Waals surface area contributed by atoms with Crippen molar-refractivity contribution in [2.75, 3.05) is 0 Å². The molecular formula is C22H14BrFN2O4. The molecule has 4 rings (SSSR count). The molecule has 0 atom stereocenters. The van der Waals surface area contributed by atoms with E-state index in [-0.39, 0.29) is 17.4 Å². The first-order chi connectivity index (χ1) is 14.4. The molecule has 0 spiro atoms. The molecule has 150 valence electrons. The average Bonchev–Trinajstić information content (AvgIpc) is 3.20. The highest BCUT2D eigenvalue weighted by Crippen LogP contribution is 2.22. The van der Waals surface area contributed by atoms with Gasteiger partial charge in [0.25, 0.3) is 11.3 Å². The van der Waals surface area contributed by atoms with Crippen LogP contribution in [0.5, 0.6) is 5.75 Å². The van der Waals surface area contributed by atoms with Gasteiger partial charge in [0.1, 0.15) is 17.4 Å². The van der Waals surface area contributed by atoms with Crippen LogP contribution in [0.15, 0.2) is 74.3 Å². The molecule has 2 heterocycles. The summed E-state index contributed by atoms with van der Waals surface area (Å²) in [5, 5.41) is 10.1. The van der Waals surface area contributed by atoms with Gasteiger partial charge in [-0.2, -0.15) is 0 Å². The third kappa shape index (κ3) is 4.08. The van der Waals surface area contributed by atoms with E-state index >= 15 is 0 Å². The van der Waals surface area contributed by atoms with Crippen molar-refractivity contribution in [1.29, 1.82) is 0 Å². The Morgan fingerprint density at radius 3 is 2.47 bits per heavy atom. The monoisotopic (exact) mass is 468 g/mol. The summed E-state index contributed by atoms with van der Waals surface area (Å²) >= 11 is 3.32. The van der Waals surface area contributed by atoms with Crippen molar-refractivity contribution in [3.05, 3.63) is 104 Å². The summed E-state index contributed by atoms with van der Waals surface area (Å²) < 4.78 is 19.5. The predicted octanol–water partition coefficient (Wildman–Crippen LogP) is 4.46. The number of halogens is 2. The SMILES string of the molecule is O=C(c1ccc(Cc2ccc(F)cc2)o1)c1nc(-c2ccc(Br)cc2)[nH]c(=O)c1O. The number of furan rings is 1. The van der Waals surface area contributed by atoms with Crippen molar-refractivity contribution in [1.82, 2.24) is 9.97 Å². The third-order valence-electron chi connectivity index (χ3n) is 4.40. The maximum atomic E-state index is 13.0. The van der Waals surface area contributed by atoms with Gasteiger partial charge in [0.05, 0.1) is 0 Å². The molecule has 4 aromatic rings. The Hall–Kier alpha value is -3.52. The molecule has 0 saturated heterocycles. The summed E-state index contributed by atoms with van der Waals surface area (Å²) in [5.41, 5.74) is 0.143. The maximum absolute atomic E-state index is 13.0. The Morgan fingerprint density at radius 2 is 1.77 bits per heavy atom. The van der Waals surface area contributed by atoms with Crippen molar-refractivity contribution >= 4 is 21.7 Å². The molecule has 6 nitrogen and oxygen atoms in total. The number of ketones is 1. The lowest BCUT2D eigenvalue weighted by Crippen LogP contribution is -2.15. The zero-order valence-electron chi connectivity index (χ0n) is 15.4. The van der Waals surface area contributed by atoms with Crippen molar-refractivity contribution in [3.63, 3.8) is 0 Å². The minimum absolute atomic E-state index is 0.0673. The van der Waals surface area contributed by atoms with Crippen LogP contribution in [0.1, 0.15) is 27.6 Å². The molecule has 0 amide bonds. The quantitative estimate of drug-likeness (QED) is 0.421. The molecule has 8 heteroatoms. The van der Waals surface area contributed by atoms with Gasteiger partial charge in [-0.15, -0.1) is 0 Å². The van der Waals surface area contributed by atoms with Gasteiger partial charge in [-0.3, -0.25) is 9.59 Å². The van der Waals surface area contributed by atoms with Gasteiger partial charge in [0, 0.05) is 16.5 Å². The zero-order chi connectivity index (χ0) is 21.3. The van der Waals surface area contributed by atoms with Crippen LogP contribution in [-0.2, 0) is 6.42 Å². The predicted molar refractivity (Wildman–Crippen MR) is 111 cm³/mol. The van der Waals surface area contributed by atoms with Crippen molar-refractivity contribution in [2.45, 2.75) is 6.42 Å². The molecule has 0 bridgehead atoms. The Balaban J connectivity index is 1.64. The first-order valence-electron chi connectivity index (χ1n) is 8.88. The van der Waals surface area contributed by atoms with Gasteiger partial charge >= 0.3 is 0 Å². The molecule has 2 aromatic carbocycles. The van der Waals surface area contributed by atoms with E-state index in [1.165, 1.54) is 18.2 Å². The lowest BCUT2D eigenvalue weighted by Gasteiger charge is -2.05. The Labute approximate surface area is 178 Å². The molecule has 0 fully saturated rings. The molecule has 0 aliphatic heterocycles. The lowest BCUT2D eigenvalue weighted by molar-refractivity contribution is 0.0999. The highest BCUT2D eigenvalue weighted by Gasteiger charge is 2.23. The second-order valence-corrected chi connectivity index (χ2v) is 7.43. The molecule has 0 saturated carbocycles. The van der Waals surface area contributed by atoms with E-state index in [1.54, 1.807) is 42.5 Å². The van der Waals surface area contributed by atoms with E-state index in [0.717, 1.165) is 10.0 Å². The van der Waals surface area contributed by atoms with E-state index in [1.807, 2.05) is 0 Å². The average molecular weight is 469 g/mol. The van der Waals surface area contributed by atoms with Crippen LogP contribution in [0, 0.1) is 5.82 Å². The van der Waals surface area contributed by atoms with Crippen molar-refractivity contribution in [2.24, 2.45) is 0 Å². The third-order valence-corrected chi connectivity index (χ3v) is 4.93. The number of H-pyrrole nitrogens is 1. The number of nitrogens with one attached hydrogen (secondary N) is 1. The molecule has 0 radical (unpaired) electrons. The van der Waals surface area contributed by atoms with Gasteiger partial charge < -0.3 is 14.5 Å². The standard InChI is InChI=1S/C22H14BrFN2O4/c23-14-5-3-13(4-6-14)21-25-18(20(28)22(29)26-21)19(27)17-10-9-16(30-17)11-12-1-7-15(24)8-2-12/h1-10,28H,11H2,(H,25,26,29). The minimum Gasteiger partial charge on any atom is -0.501 e. The molecular weight excluding hydrogens is 455 g/mol. The number of hydrogen-bond donors (Lipinski definition) is 2. The number of rotatable bonds is 5. The normalized spacial score (nSPS) is 10.9. The van der Waals surface area contributed by atoms with E-state index in [9.17, 15) is 19.1 Å². The maximum Gasteiger partial charge on any atom is 0.294 e. The Bertz CT molecular complexity index is 1280. The number of nitrogens with zero attached hydrogens (tertiary/aromatic N) is 1. The van der Waals surface area contributed by atoms with E-state index < -0.39 is 22.8 Å². The van der Waals surface area contributed by atoms with Gasteiger partial charge in [-0.1, -0.05) is 40.2 Å². The fourth-order valence-corrected chi connectivity index (χ4v) is 3.15. The van der Waals surface area contributed by atoms with Crippen LogP contribution in [0.2, 0.25) is 0 Å². The number of aromatic hydroxyl groups is 1. The van der Waals surface area contributed by atoms with E-state index in [0.29, 0.717) is 17.7 Å². The molecule has 30 heavy (non-hydrogen) atoms. The van der Waals surface area contributed by atoms with Gasteiger partial charge in [0.15, 0.2) is 11.5 Å². The topological polar surface area (TPSA) is 96.2 Å². The largest absolute Gasteiger partial charge is 0.501 e. The Morgan fingerprint density at radius 1 is 1.07 bits per heavy atom. The molecule has 0 aliphatic carbocycles. The van der Waals surface area contributed by atoms with Gasteiger partial charge in [-0.05, 0) is 42.0 Å². The fraction of sp³-hybridized carbons (Fsp3) is 0.0455. The van der Waals surface area contributed by atoms with Crippen molar-refractivity contribution < 1.29 is 18.7 Å². The molecule has 0 aliphatic rings. The number of hydrogen-bond acceptors (Lipinski definition) is 5. The number of benzene rings is 2. The molecule has 2 N–H and O–H groups in total. The van der Waals surface area contributed by atoms with Crippen LogP contribution >= 0.6 is 15.9 Å². The second kappa shape index (κ2) is 8.08. The summed E-state index contributed by atoms with van der Waals surface area (Å²) in [6.07, 6.45) is 0.354. The number of carbonyl (C=O) groups excluding carboxylic acids is 1. The van der Waals surface area contributed by atoms with Crippen LogP contribution in [0.3, 0.4) is 0 Å². The number of aromatic amines is 1. The first kappa shape index (κ1) is 19.8. The summed E-state index contributed by atoms with van der Waals surface area (Å²) in [6, 6.07) is 15.9. The highest BCUT2D eigenvalue weighted by atomic mass is 79.9. The van der Waals surface area contributed by atoms with Gasteiger partial charge in [-0.25, -0.2) is 9.37 Å². The van der Waals surface area contributed by atoms with Crippen LogP contribution in [0.25, 0.3) is 11.4 Å². The fourth-order valence-electron chi connectivity index (χ4n) is 2.88. The molecule has 0 unspecified atom stereocenters. The first-order valence-corrected chi connectivity index (χ1v) is 9.67. The van der Waals surface area contributed by atoms with Gasteiger partial charge in [0.2, 0.25) is 5.75 Å². The second-order valence-electron chi connectivity index (χ2n) is 6.52. The van der Waals surface area contributed by atoms with Crippen LogP contribution in [-0.4, -0.2) is 20.9 Å². The van der Waals surface area contributed by atoms with Crippen LogP contribution in [0.4, 0.5) is 4.39 Å². The summed E-state index contributed by atoms with van der Waals surface area (Å²) in [7, 11) is 0. The Kier molecular flexibility index (Phi) is 5.33. The van der Waals surface area contributed by atoms with Crippen LogP contribution < -0.4 is 5.56 Å². The summed E-state index contributed by atoms with van der Waals surface area (Å²) in [4.78, 5) is 31.6. The minimum atomic E-state index is -0.829. The van der Waals surface area contributed by atoms with Crippen molar-refractivity contribution in [3.8, 4) is 17.1 Å². The summed E-state index contributed by atoms with van der Waals surface area (Å²) in [6.45, 7) is 0. The lowest BCUT2D eigenvalue weighted by atomic mass is 10.1. The highest BCUT2D eigenvalue weighted by molar-refractivity contribution is 9.10. The number of carbonyl (C=O) groups is 1. The number of aromatic nitrogens is 2.